The Bertz CT molecular complexity index is 3000. The van der Waals surface area contributed by atoms with E-state index >= 15 is 0 Å². The summed E-state index contributed by atoms with van der Waals surface area (Å²) >= 11 is 0. The van der Waals surface area contributed by atoms with Crippen LogP contribution in [0.5, 0.6) is 46.0 Å². The van der Waals surface area contributed by atoms with Gasteiger partial charge in [0, 0.05) is 41.5 Å². The van der Waals surface area contributed by atoms with Crippen LogP contribution < -0.4 is 37.9 Å². The molecule has 0 atom stereocenters. The molecule has 0 aliphatic rings. The Morgan fingerprint density at radius 3 is 0.894 bits per heavy atom. The zero-order valence-electron chi connectivity index (χ0n) is 53.5. The Hall–Kier alpha value is -9.29. The molecule has 0 aliphatic carbocycles. The van der Waals surface area contributed by atoms with Gasteiger partial charge in [0.15, 0.2) is 23.0 Å². The van der Waals surface area contributed by atoms with Crippen LogP contribution in [0.25, 0.3) is 23.3 Å². The SMILES string of the molecule is C=CCOOCCCCOc1ccc(C=CC(=O)Oc2ccc(-c3ccc(OC(=O)C=Cc4ccc(OCCCCOC(=O)C=C)c(OCCCCOC(=O)C=C)c4OCCCCOOCC=C)cc3)cc2)c(OCCCCOC(=O)C=C)c1OCCCCOOCC=C. The van der Waals surface area contributed by atoms with E-state index in [1.165, 1.54) is 12.2 Å². The van der Waals surface area contributed by atoms with Gasteiger partial charge in [-0.3, -0.25) is 0 Å². The number of ether oxygens (including phenoxy) is 11. The number of carbonyl (C=O) groups is 5. The molecule has 0 fully saturated rings. The minimum absolute atomic E-state index is 0.173. The third-order valence-corrected chi connectivity index (χ3v) is 12.5. The summed E-state index contributed by atoms with van der Waals surface area (Å²) in [6.45, 7) is 25.0. The molecule has 0 spiro atoms. The predicted octanol–water partition coefficient (Wildman–Crippen LogP) is 13.1. The van der Waals surface area contributed by atoms with Gasteiger partial charge in [-0.2, -0.15) is 0 Å². The summed E-state index contributed by atoms with van der Waals surface area (Å²) < 4.78 is 64.5. The van der Waals surface area contributed by atoms with Gasteiger partial charge in [0.25, 0.3) is 0 Å². The molecule has 4 aromatic rings. The fraction of sp³-hybridized carbons (Fsp3) is 0.375. The zero-order valence-corrected chi connectivity index (χ0v) is 53.5. The molecule has 0 saturated heterocycles. The number of unbranched alkanes of at least 4 members (excludes halogenated alkanes) is 6. The van der Waals surface area contributed by atoms with E-state index in [-0.39, 0.29) is 84.2 Å². The molecule has 0 heterocycles. The van der Waals surface area contributed by atoms with Crippen LogP contribution in [-0.2, 0) is 67.5 Å². The van der Waals surface area contributed by atoms with Gasteiger partial charge in [-0.1, -0.05) is 62.2 Å². The van der Waals surface area contributed by atoms with E-state index in [1.54, 1.807) is 103 Å². The number of esters is 5. The summed E-state index contributed by atoms with van der Waals surface area (Å²) in [5, 5.41) is 0. The lowest BCUT2D eigenvalue weighted by Crippen LogP contribution is -2.09. The van der Waals surface area contributed by atoms with Crippen molar-refractivity contribution >= 4 is 42.0 Å². The van der Waals surface area contributed by atoms with Crippen molar-refractivity contribution in [2.75, 3.05) is 99.1 Å². The summed E-state index contributed by atoms with van der Waals surface area (Å²) in [4.78, 5) is 92.1. The normalized spacial score (nSPS) is 10.9. The van der Waals surface area contributed by atoms with Crippen molar-refractivity contribution in [3.8, 4) is 57.1 Å². The number of hydrogen-bond donors (Lipinski definition) is 0. The van der Waals surface area contributed by atoms with Crippen LogP contribution in [0.4, 0.5) is 0 Å². The number of rotatable bonds is 55. The molecule has 0 aliphatic heterocycles. The average Bonchev–Trinajstić information content (AvgIpc) is 1.02. The Morgan fingerprint density at radius 1 is 0.298 bits per heavy atom. The first kappa shape index (κ1) is 77.2. The highest BCUT2D eigenvalue weighted by Crippen LogP contribution is 2.43. The zero-order chi connectivity index (χ0) is 67.5. The quantitative estimate of drug-likeness (QED) is 0.00583. The second-order valence-electron chi connectivity index (χ2n) is 19.8. The first-order valence-electron chi connectivity index (χ1n) is 31.1. The fourth-order valence-corrected chi connectivity index (χ4v) is 7.85. The van der Waals surface area contributed by atoms with Gasteiger partial charge in [0.2, 0.25) is 11.5 Å². The molecular formula is C72H88O22. The van der Waals surface area contributed by atoms with Gasteiger partial charge in [-0.05, 0) is 149 Å². The molecule has 0 unspecified atom stereocenters. The third kappa shape index (κ3) is 32.8. The van der Waals surface area contributed by atoms with Gasteiger partial charge < -0.3 is 52.1 Å². The smallest absolute Gasteiger partial charge is 0.336 e. The lowest BCUT2D eigenvalue weighted by molar-refractivity contribution is -0.286. The van der Waals surface area contributed by atoms with Crippen LogP contribution in [0, 0.1) is 0 Å². The molecule has 0 amide bonds. The molecule has 0 saturated carbocycles. The van der Waals surface area contributed by atoms with Crippen molar-refractivity contribution < 1.29 is 105 Å². The van der Waals surface area contributed by atoms with Crippen molar-refractivity contribution in [2.45, 2.75) is 77.0 Å². The maximum absolute atomic E-state index is 13.4. The largest absolute Gasteiger partial charge is 0.490 e. The molecule has 0 bridgehead atoms. The van der Waals surface area contributed by atoms with E-state index < -0.39 is 29.8 Å². The first-order chi connectivity index (χ1) is 46.0. The Morgan fingerprint density at radius 2 is 0.585 bits per heavy atom. The maximum Gasteiger partial charge on any atom is 0.336 e. The van der Waals surface area contributed by atoms with Crippen molar-refractivity contribution in [3.05, 3.63) is 172 Å². The van der Waals surface area contributed by atoms with Gasteiger partial charge in [-0.25, -0.2) is 53.3 Å². The number of hydrogen-bond acceptors (Lipinski definition) is 22. The highest BCUT2D eigenvalue weighted by Gasteiger charge is 2.20. The highest BCUT2D eigenvalue weighted by molar-refractivity contribution is 5.91. The first-order valence-corrected chi connectivity index (χ1v) is 31.1. The van der Waals surface area contributed by atoms with Crippen LogP contribution >= 0.6 is 0 Å². The topological polar surface area (TPSA) is 242 Å². The number of benzene rings is 4. The van der Waals surface area contributed by atoms with Crippen LogP contribution in [0.15, 0.2) is 161 Å². The molecule has 22 nitrogen and oxygen atoms in total. The average molecular weight is 1310 g/mol. The summed E-state index contributed by atoms with van der Waals surface area (Å²) in [7, 11) is 0. The lowest BCUT2D eigenvalue weighted by atomic mass is 10.1. The van der Waals surface area contributed by atoms with Crippen molar-refractivity contribution in [2.24, 2.45) is 0 Å². The van der Waals surface area contributed by atoms with Crippen LogP contribution in [-0.4, -0.2) is 129 Å². The molecule has 0 radical (unpaired) electrons. The van der Waals surface area contributed by atoms with E-state index in [1.807, 2.05) is 0 Å². The van der Waals surface area contributed by atoms with Gasteiger partial charge in [-0.15, -0.1) is 19.7 Å². The minimum Gasteiger partial charge on any atom is -0.490 e. The van der Waals surface area contributed by atoms with Gasteiger partial charge in [0.05, 0.1) is 79.3 Å². The Labute approximate surface area is 550 Å². The minimum atomic E-state index is -0.669. The molecule has 22 heteroatoms. The standard InChI is InChI=1S/C72H88O22/c1-7-41-87-90-53-22-19-45-79-63-38-30-58(69(83-49-17-15-47-81-65(74)11-5)72(63)86-52-21-24-55-92-89-43-9-3)31-39-67(76)93-60-33-25-56(26-34-60)57-27-35-61(36-28-57)94-68(77)40-32-59-29-37-62(78-44-13-14-46-80-64(73)10-4)71(85-51-18-16-48-82-66(75)12-6)70(59)84-50-20-23-54-91-88-42-8-2/h7-12,25-40H,1-6,13-24,41-55H2. The van der Waals surface area contributed by atoms with Gasteiger partial charge in [0.1, 0.15) is 31.3 Å². The van der Waals surface area contributed by atoms with Gasteiger partial charge >= 0.3 is 29.8 Å². The summed E-state index contributed by atoms with van der Waals surface area (Å²) in [6, 6.07) is 20.7. The summed E-state index contributed by atoms with van der Waals surface area (Å²) in [5.41, 5.74) is 2.58. The maximum atomic E-state index is 13.4. The van der Waals surface area contributed by atoms with Crippen LogP contribution in [0.2, 0.25) is 0 Å². The molecule has 4 rings (SSSR count). The summed E-state index contributed by atoms with van der Waals surface area (Å²) in [6.07, 6.45) is 20.6. The van der Waals surface area contributed by atoms with Crippen LogP contribution in [0.1, 0.15) is 88.2 Å². The second-order valence-corrected chi connectivity index (χ2v) is 19.8. The lowest BCUT2D eigenvalue weighted by Gasteiger charge is -2.19. The van der Waals surface area contributed by atoms with E-state index in [0.29, 0.717) is 149 Å². The molecule has 94 heavy (non-hydrogen) atoms. The summed E-state index contributed by atoms with van der Waals surface area (Å²) in [5.74, 6) is -0.231. The number of carbonyl (C=O) groups excluding carboxylic acids is 5. The molecule has 4 aromatic carbocycles. The van der Waals surface area contributed by atoms with E-state index in [9.17, 15) is 24.0 Å². The third-order valence-electron chi connectivity index (χ3n) is 12.5. The fourth-order valence-electron chi connectivity index (χ4n) is 7.85. The highest BCUT2D eigenvalue weighted by atomic mass is 17.2. The molecule has 508 valence electrons. The Balaban J connectivity index is 1.48. The molecule has 0 aromatic heterocycles. The molecule has 0 N–H and O–H groups in total. The second kappa shape index (κ2) is 49.4. The van der Waals surface area contributed by atoms with E-state index in [4.69, 9.17) is 81.4 Å². The van der Waals surface area contributed by atoms with Crippen LogP contribution in [0.3, 0.4) is 0 Å². The van der Waals surface area contributed by atoms with E-state index in [2.05, 4.69) is 39.5 Å². The monoisotopic (exact) mass is 1300 g/mol. The van der Waals surface area contributed by atoms with Crippen molar-refractivity contribution in [3.63, 3.8) is 0 Å². The van der Waals surface area contributed by atoms with Crippen molar-refractivity contribution in [1.29, 1.82) is 0 Å². The predicted molar refractivity (Wildman–Crippen MR) is 352 cm³/mol. The Kier molecular flexibility index (Phi) is 40.5. The molecular weight excluding hydrogens is 1220 g/mol. The van der Waals surface area contributed by atoms with E-state index in [0.717, 1.165) is 29.4 Å². The van der Waals surface area contributed by atoms with Crippen molar-refractivity contribution in [1.82, 2.24) is 0 Å².